The fraction of sp³-hybridized carbons (Fsp3) is 0.0833. The summed E-state index contributed by atoms with van der Waals surface area (Å²) in [7, 11) is 3.36. The highest BCUT2D eigenvalue weighted by atomic mass is 16.5. The highest BCUT2D eigenvalue weighted by molar-refractivity contribution is 5.81. The summed E-state index contributed by atoms with van der Waals surface area (Å²) in [6, 6.07) is 26.5. The second-order valence-electron chi connectivity index (χ2n) is 5.81. The van der Waals surface area contributed by atoms with Crippen molar-refractivity contribution < 1.29 is 9.47 Å². The lowest BCUT2D eigenvalue weighted by Gasteiger charge is -2.10. The summed E-state index contributed by atoms with van der Waals surface area (Å²) in [6.45, 7) is 0. The second-order valence-corrected chi connectivity index (χ2v) is 5.81. The molecule has 0 bridgehead atoms. The number of allylic oxidation sites excluding steroid dienone is 2. The molecule has 0 fully saturated rings. The molecule has 0 atom stereocenters. The van der Waals surface area contributed by atoms with Crippen molar-refractivity contribution in [2.75, 3.05) is 14.2 Å². The van der Waals surface area contributed by atoms with Crippen molar-refractivity contribution in [2.24, 2.45) is 0 Å². The molecule has 0 unspecified atom stereocenters. The molecule has 0 radical (unpaired) electrons. The van der Waals surface area contributed by atoms with Crippen LogP contribution in [-0.2, 0) is 0 Å². The summed E-state index contributed by atoms with van der Waals surface area (Å²) in [5.41, 5.74) is 4.58. The first-order chi connectivity index (χ1) is 12.8. The Morgan fingerprint density at radius 2 is 1.15 bits per heavy atom. The molecule has 2 heteroatoms. The highest BCUT2D eigenvalue weighted by Gasteiger charge is 2.05. The van der Waals surface area contributed by atoms with E-state index in [2.05, 4.69) is 54.6 Å². The van der Waals surface area contributed by atoms with Gasteiger partial charge < -0.3 is 9.47 Å². The fourth-order valence-electron chi connectivity index (χ4n) is 2.72. The minimum atomic E-state index is 0.850. The molecule has 0 aliphatic heterocycles. The maximum absolute atomic E-state index is 5.27. The molecule has 3 aromatic carbocycles. The first-order valence-corrected chi connectivity index (χ1v) is 8.52. The summed E-state index contributed by atoms with van der Waals surface area (Å²) in [4.78, 5) is 0. The lowest BCUT2D eigenvalue weighted by molar-refractivity contribution is 0.414. The van der Waals surface area contributed by atoms with Gasteiger partial charge in [0, 0.05) is 0 Å². The number of methoxy groups -OCH3 is 2. The van der Waals surface area contributed by atoms with Gasteiger partial charge in [-0.3, -0.25) is 0 Å². The van der Waals surface area contributed by atoms with E-state index in [4.69, 9.17) is 9.47 Å². The first-order valence-electron chi connectivity index (χ1n) is 8.52. The Bertz CT molecular complexity index is 824. The van der Waals surface area contributed by atoms with Crippen molar-refractivity contribution in [3.63, 3.8) is 0 Å². The van der Waals surface area contributed by atoms with E-state index in [1.54, 1.807) is 14.2 Å². The van der Waals surface area contributed by atoms with Crippen LogP contribution >= 0.6 is 0 Å². The molecule has 3 aromatic rings. The van der Waals surface area contributed by atoms with Crippen LogP contribution in [0.1, 0.15) is 16.7 Å². The standard InChI is InChI=1S/C24H22O2/c1-25-22-15-11-20(12-16-22)24(21-13-17-23(26-2)18-14-21)10-6-9-19-7-4-3-5-8-19/h3-18H,1-2H3/b9-6+. The third kappa shape index (κ3) is 4.42. The quantitative estimate of drug-likeness (QED) is 0.523. The van der Waals surface area contributed by atoms with Gasteiger partial charge in [-0.15, -0.1) is 0 Å². The number of ether oxygens (including phenoxy) is 2. The van der Waals surface area contributed by atoms with Crippen molar-refractivity contribution in [1.82, 2.24) is 0 Å². The van der Waals surface area contributed by atoms with E-state index in [9.17, 15) is 0 Å². The maximum atomic E-state index is 5.27. The molecule has 0 aliphatic rings. The Morgan fingerprint density at radius 1 is 0.654 bits per heavy atom. The molecule has 3 rings (SSSR count). The van der Waals surface area contributed by atoms with Crippen molar-refractivity contribution in [3.8, 4) is 11.5 Å². The molecule has 0 aromatic heterocycles. The lowest BCUT2D eigenvalue weighted by atomic mass is 9.97. The Morgan fingerprint density at radius 3 is 1.62 bits per heavy atom. The van der Waals surface area contributed by atoms with Crippen molar-refractivity contribution >= 4 is 11.6 Å². The van der Waals surface area contributed by atoms with E-state index >= 15 is 0 Å². The van der Waals surface area contributed by atoms with Gasteiger partial charge in [0.2, 0.25) is 0 Å². The summed E-state index contributed by atoms with van der Waals surface area (Å²) in [5, 5.41) is 0. The summed E-state index contributed by atoms with van der Waals surface area (Å²) >= 11 is 0. The van der Waals surface area contributed by atoms with Gasteiger partial charge in [-0.25, -0.2) is 0 Å². The van der Waals surface area contributed by atoms with E-state index in [0.717, 1.165) is 28.2 Å². The maximum Gasteiger partial charge on any atom is 0.118 e. The Balaban J connectivity index is 1.96. The summed E-state index contributed by atoms with van der Waals surface area (Å²) < 4.78 is 10.5. The Kier molecular flexibility index (Phi) is 5.89. The van der Waals surface area contributed by atoms with Crippen molar-refractivity contribution in [3.05, 3.63) is 108 Å². The van der Waals surface area contributed by atoms with Gasteiger partial charge in [0.15, 0.2) is 0 Å². The van der Waals surface area contributed by atoms with Crippen LogP contribution in [0.3, 0.4) is 0 Å². The molecule has 0 saturated carbocycles. The normalized spacial score (nSPS) is 10.5. The number of rotatable bonds is 6. The number of benzene rings is 3. The number of hydrogen-bond acceptors (Lipinski definition) is 2. The van der Waals surface area contributed by atoms with Gasteiger partial charge in [-0.05, 0) is 46.5 Å². The topological polar surface area (TPSA) is 18.5 Å². The molecule has 2 nitrogen and oxygen atoms in total. The Labute approximate surface area is 155 Å². The molecule has 0 amide bonds. The van der Waals surface area contributed by atoms with Gasteiger partial charge >= 0.3 is 0 Å². The van der Waals surface area contributed by atoms with Crippen LogP contribution in [0.2, 0.25) is 0 Å². The minimum absolute atomic E-state index is 0.850. The fourth-order valence-corrected chi connectivity index (χ4v) is 2.72. The van der Waals surface area contributed by atoms with Gasteiger partial charge in [-0.1, -0.05) is 72.8 Å². The van der Waals surface area contributed by atoms with Crippen LogP contribution in [0.25, 0.3) is 11.6 Å². The molecule has 0 N–H and O–H groups in total. The van der Waals surface area contributed by atoms with Crippen LogP contribution in [0.15, 0.2) is 91.0 Å². The molecule has 0 heterocycles. The van der Waals surface area contributed by atoms with Crippen molar-refractivity contribution in [2.45, 2.75) is 0 Å². The summed E-state index contributed by atoms with van der Waals surface area (Å²) in [6.07, 6.45) is 6.32. The SMILES string of the molecule is COc1ccc(C(=C/C=C/c2ccccc2)c2ccc(OC)cc2)cc1. The van der Waals surface area contributed by atoms with Gasteiger partial charge in [0.1, 0.15) is 11.5 Å². The third-order valence-corrected chi connectivity index (χ3v) is 4.15. The van der Waals surface area contributed by atoms with Crippen LogP contribution in [-0.4, -0.2) is 14.2 Å². The molecule has 0 spiro atoms. The largest absolute Gasteiger partial charge is 0.497 e. The highest BCUT2D eigenvalue weighted by Crippen LogP contribution is 2.27. The smallest absolute Gasteiger partial charge is 0.118 e. The molecular formula is C24H22O2. The zero-order valence-corrected chi connectivity index (χ0v) is 15.1. The molecule has 26 heavy (non-hydrogen) atoms. The predicted molar refractivity (Wildman–Crippen MR) is 109 cm³/mol. The minimum Gasteiger partial charge on any atom is -0.497 e. The van der Waals surface area contributed by atoms with E-state index in [0.29, 0.717) is 0 Å². The zero-order valence-electron chi connectivity index (χ0n) is 15.1. The predicted octanol–water partition coefficient (Wildman–Crippen LogP) is 5.85. The van der Waals surface area contributed by atoms with Crippen LogP contribution in [0.5, 0.6) is 11.5 Å². The Hall–Kier alpha value is -3.26. The van der Waals surface area contributed by atoms with Gasteiger partial charge in [-0.2, -0.15) is 0 Å². The van der Waals surface area contributed by atoms with E-state index in [1.165, 1.54) is 5.56 Å². The van der Waals surface area contributed by atoms with Crippen molar-refractivity contribution in [1.29, 1.82) is 0 Å². The lowest BCUT2D eigenvalue weighted by Crippen LogP contribution is -1.90. The third-order valence-electron chi connectivity index (χ3n) is 4.15. The molecular weight excluding hydrogens is 320 g/mol. The van der Waals surface area contributed by atoms with Crippen LogP contribution in [0.4, 0.5) is 0 Å². The number of hydrogen-bond donors (Lipinski definition) is 0. The average Bonchev–Trinajstić information content (AvgIpc) is 2.72. The second kappa shape index (κ2) is 8.72. The van der Waals surface area contributed by atoms with E-state index in [-0.39, 0.29) is 0 Å². The van der Waals surface area contributed by atoms with E-state index < -0.39 is 0 Å². The van der Waals surface area contributed by atoms with Gasteiger partial charge in [0.25, 0.3) is 0 Å². The zero-order chi connectivity index (χ0) is 18.2. The van der Waals surface area contributed by atoms with E-state index in [1.807, 2.05) is 42.5 Å². The summed E-state index contributed by atoms with van der Waals surface area (Å²) in [5.74, 6) is 1.70. The molecule has 0 saturated heterocycles. The van der Waals surface area contributed by atoms with Crippen LogP contribution in [0, 0.1) is 0 Å². The average molecular weight is 342 g/mol. The van der Waals surface area contributed by atoms with Crippen LogP contribution < -0.4 is 9.47 Å². The molecule has 130 valence electrons. The van der Waals surface area contributed by atoms with Gasteiger partial charge in [0.05, 0.1) is 14.2 Å². The first kappa shape index (κ1) is 17.6. The molecule has 0 aliphatic carbocycles. The monoisotopic (exact) mass is 342 g/mol.